The summed E-state index contributed by atoms with van der Waals surface area (Å²) in [5, 5.41) is 0. The fourth-order valence-corrected chi connectivity index (χ4v) is 0. The van der Waals surface area contributed by atoms with Crippen molar-refractivity contribution in [3.05, 3.63) is 0 Å². The summed E-state index contributed by atoms with van der Waals surface area (Å²) >= 11 is 0. The maximum absolute atomic E-state index is 0. The van der Waals surface area contributed by atoms with Crippen molar-refractivity contribution in [1.82, 2.24) is 0 Å². The molecule has 0 unspecified atom stereocenters. The Kier molecular flexibility index (Phi) is 3130. The van der Waals surface area contributed by atoms with Crippen LogP contribution in [0, 0.1) is 0 Å². The molecule has 0 saturated heterocycles. The Morgan fingerprint density at radius 1 is 0.571 bits per heavy atom. The van der Waals surface area contributed by atoms with E-state index in [-0.39, 0.29) is 84.6 Å². The summed E-state index contributed by atoms with van der Waals surface area (Å²) in [5.41, 5.74) is 0. The van der Waals surface area contributed by atoms with E-state index in [2.05, 4.69) is 0 Å². The Balaban J connectivity index is 0. The van der Waals surface area contributed by atoms with E-state index in [1.165, 1.54) is 0 Å². The van der Waals surface area contributed by atoms with Crippen LogP contribution in [0.15, 0.2) is 0 Å². The van der Waals surface area contributed by atoms with Crippen LogP contribution < -0.4 is 0 Å². The van der Waals surface area contributed by atoms with Gasteiger partial charge in [0, 0.05) is 0 Å². The van der Waals surface area contributed by atoms with Crippen molar-refractivity contribution in [2.75, 3.05) is 0 Å². The van der Waals surface area contributed by atoms with E-state index in [0.717, 1.165) is 0 Å². The van der Waals surface area contributed by atoms with Crippen LogP contribution in [0.1, 0.15) is 0 Å². The molecule has 0 aliphatic heterocycles. The quantitative estimate of drug-likeness (QED) is 0.410. The molecule has 0 heterocycles. The molecule has 0 aromatic heterocycles. The number of hydrogen-bond acceptors (Lipinski definition) is 4. The summed E-state index contributed by atoms with van der Waals surface area (Å²) in [6, 6.07) is 0. The first-order valence-electron chi connectivity index (χ1n) is 0. The van der Waals surface area contributed by atoms with Crippen LogP contribution in [0.25, 0.3) is 0 Å². The molecule has 0 atom stereocenters. The molecule has 0 amide bonds. The van der Waals surface area contributed by atoms with Crippen LogP contribution in [0.5, 0.6) is 0 Å². The molecule has 0 bridgehead atoms. The van der Waals surface area contributed by atoms with Crippen LogP contribution in [0.4, 0.5) is 0 Å². The van der Waals surface area contributed by atoms with Crippen molar-refractivity contribution < 1.29 is 46.9 Å². The predicted molar refractivity (Wildman–Crippen MR) is 17.1 cm³/mol. The second-order valence-corrected chi connectivity index (χ2v) is 0. The van der Waals surface area contributed by atoms with Gasteiger partial charge in [0.15, 0.2) is 0 Å². The molecular formula is H6CaO5Zn. The standard InChI is InChI=1S/Ca.5H2O.Zn/h;5*1H2;/q+2;;;;;;+2/p-4. The van der Waals surface area contributed by atoms with Gasteiger partial charge in [0.05, 0.1) is 0 Å². The molecule has 0 rings (SSSR count). The van der Waals surface area contributed by atoms with Crippen molar-refractivity contribution in [3.63, 3.8) is 0 Å². The fraction of sp³-hybridized carbons (Fsp3) is 0. The monoisotopic (exact) mass is 190 g/mol. The molecule has 0 fully saturated rings. The summed E-state index contributed by atoms with van der Waals surface area (Å²) in [5.74, 6) is 0. The van der Waals surface area contributed by atoms with E-state index >= 15 is 0 Å². The minimum atomic E-state index is 0. The number of rotatable bonds is 0. The third kappa shape index (κ3) is 87.6. The predicted octanol–water partition coefficient (Wildman–Crippen LogP) is -1.92. The SMILES string of the molecule is O.[Ca+2].[OH-].[OH-].[OH-].[OH-].[Zn+2]. The van der Waals surface area contributed by atoms with Crippen LogP contribution >= 0.6 is 0 Å². The van der Waals surface area contributed by atoms with E-state index in [9.17, 15) is 0 Å². The maximum atomic E-state index is 0. The van der Waals surface area contributed by atoms with Gasteiger partial charge in [-0.25, -0.2) is 0 Å². The average Bonchev–Trinajstić information content (AvgIpc) is 0. The summed E-state index contributed by atoms with van der Waals surface area (Å²) in [6.07, 6.45) is 0. The molecule has 40 valence electrons. The van der Waals surface area contributed by atoms with Crippen LogP contribution in [-0.4, -0.2) is 65.1 Å². The first kappa shape index (κ1) is 181. The summed E-state index contributed by atoms with van der Waals surface area (Å²) in [6.45, 7) is 0. The van der Waals surface area contributed by atoms with E-state index < -0.39 is 0 Å². The Hall–Kier alpha value is 1.68. The third-order valence-electron chi connectivity index (χ3n) is 0. The maximum Gasteiger partial charge on any atom is 2.00 e. The van der Waals surface area contributed by atoms with Crippen molar-refractivity contribution >= 4 is 37.7 Å². The van der Waals surface area contributed by atoms with Gasteiger partial charge in [0.25, 0.3) is 0 Å². The Labute approximate surface area is 83.8 Å². The second kappa shape index (κ2) is 121. The topological polar surface area (TPSA) is 152 Å². The van der Waals surface area contributed by atoms with E-state index in [4.69, 9.17) is 0 Å². The van der Waals surface area contributed by atoms with Gasteiger partial charge in [-0.15, -0.1) is 0 Å². The molecule has 6 N–H and O–H groups in total. The molecule has 0 radical (unpaired) electrons. The van der Waals surface area contributed by atoms with Crippen LogP contribution in [-0.2, 0) is 19.5 Å². The molecule has 0 aromatic rings. The summed E-state index contributed by atoms with van der Waals surface area (Å²) < 4.78 is 0. The molecule has 0 spiro atoms. The zero-order valence-electron chi connectivity index (χ0n) is 3.70. The van der Waals surface area contributed by atoms with Crippen LogP contribution in [0.3, 0.4) is 0 Å². The fourth-order valence-electron chi connectivity index (χ4n) is 0. The summed E-state index contributed by atoms with van der Waals surface area (Å²) in [4.78, 5) is 0. The Bertz CT molecular complexity index is 8.04. The van der Waals surface area contributed by atoms with Gasteiger partial charge in [0.2, 0.25) is 0 Å². The Morgan fingerprint density at radius 3 is 0.571 bits per heavy atom. The minimum Gasteiger partial charge on any atom is -0.870 e. The third-order valence-corrected chi connectivity index (χ3v) is 0. The molecule has 0 aliphatic carbocycles. The van der Waals surface area contributed by atoms with Crippen molar-refractivity contribution in [2.45, 2.75) is 0 Å². The minimum absolute atomic E-state index is 0. The van der Waals surface area contributed by atoms with Crippen LogP contribution in [0.2, 0.25) is 0 Å². The molecule has 7 heavy (non-hydrogen) atoms. The van der Waals surface area contributed by atoms with Gasteiger partial charge in [-0.1, -0.05) is 0 Å². The second-order valence-electron chi connectivity index (χ2n) is 0. The van der Waals surface area contributed by atoms with Gasteiger partial charge >= 0.3 is 57.2 Å². The first-order chi connectivity index (χ1) is 0. The van der Waals surface area contributed by atoms with Crippen molar-refractivity contribution in [3.8, 4) is 0 Å². The number of hydrogen-bond donors (Lipinski definition) is 0. The first-order valence-corrected chi connectivity index (χ1v) is 0. The van der Waals surface area contributed by atoms with E-state index in [1.54, 1.807) is 0 Å². The summed E-state index contributed by atoms with van der Waals surface area (Å²) in [7, 11) is 0. The van der Waals surface area contributed by atoms with Crippen molar-refractivity contribution in [1.29, 1.82) is 0 Å². The average molecular weight is 192 g/mol. The van der Waals surface area contributed by atoms with E-state index in [1.807, 2.05) is 0 Å². The largest absolute Gasteiger partial charge is 2.00 e. The normalized spacial score (nSPS) is 0. The molecule has 0 aromatic carbocycles. The van der Waals surface area contributed by atoms with Gasteiger partial charge < -0.3 is 27.4 Å². The van der Waals surface area contributed by atoms with E-state index in [0.29, 0.717) is 0 Å². The Morgan fingerprint density at radius 2 is 0.571 bits per heavy atom. The molecule has 5 nitrogen and oxygen atoms in total. The van der Waals surface area contributed by atoms with Gasteiger partial charge in [-0.2, -0.15) is 0 Å². The van der Waals surface area contributed by atoms with Gasteiger partial charge in [-0.3, -0.25) is 0 Å². The molecule has 0 aliphatic rings. The molecular weight excluding hydrogens is 185 g/mol. The smallest absolute Gasteiger partial charge is 0.870 e. The molecule has 7 heteroatoms. The molecule has 0 saturated carbocycles. The van der Waals surface area contributed by atoms with Crippen molar-refractivity contribution in [2.24, 2.45) is 0 Å². The zero-order valence-corrected chi connectivity index (χ0v) is 8.88. The zero-order chi connectivity index (χ0) is 0. The van der Waals surface area contributed by atoms with Gasteiger partial charge in [-0.05, 0) is 0 Å². The van der Waals surface area contributed by atoms with Gasteiger partial charge in [0.1, 0.15) is 0 Å².